The quantitative estimate of drug-likeness (QED) is 0.612. The first-order valence-electron chi connectivity index (χ1n) is 4.76. The van der Waals surface area contributed by atoms with E-state index >= 15 is 0 Å². The van der Waals surface area contributed by atoms with Gasteiger partial charge in [0.25, 0.3) is 5.78 Å². The molecule has 0 aliphatic carbocycles. The highest BCUT2D eigenvalue weighted by Crippen LogP contribution is 2.18. The second kappa shape index (κ2) is 4.59. The Morgan fingerprint density at radius 3 is 3.00 bits per heavy atom. The minimum Gasteiger partial charge on any atom is -0.229 e. The number of thioether (sulfide) groups is 1. The summed E-state index contributed by atoms with van der Waals surface area (Å²) in [4.78, 5) is 8.17. The fourth-order valence-corrected chi connectivity index (χ4v) is 3.24. The van der Waals surface area contributed by atoms with E-state index in [1.165, 1.54) is 18.1 Å². The number of aryl methyl sites for hydroxylation is 1. The third-order valence-electron chi connectivity index (χ3n) is 1.97. The molecule has 0 unspecified atom stereocenters. The predicted molar refractivity (Wildman–Crippen MR) is 64.2 cm³/mol. The van der Waals surface area contributed by atoms with E-state index < -0.39 is 10.0 Å². The van der Waals surface area contributed by atoms with Gasteiger partial charge in [0, 0.05) is 11.4 Å². The normalized spacial score (nSPS) is 12.1. The average molecular weight is 273 g/mol. The number of nitrogens with two attached hydrogens (primary N) is 1. The van der Waals surface area contributed by atoms with Gasteiger partial charge in [-0.1, -0.05) is 0 Å². The van der Waals surface area contributed by atoms with Gasteiger partial charge in [0.05, 0.1) is 5.75 Å². The molecule has 0 aliphatic rings. The molecule has 92 valence electrons. The van der Waals surface area contributed by atoms with Crippen molar-refractivity contribution in [3.8, 4) is 0 Å². The molecule has 0 atom stereocenters. The molecule has 0 saturated heterocycles. The minimum atomic E-state index is -3.43. The van der Waals surface area contributed by atoms with Crippen LogP contribution in [-0.2, 0) is 10.0 Å². The second-order valence-electron chi connectivity index (χ2n) is 3.42. The van der Waals surface area contributed by atoms with E-state index in [4.69, 9.17) is 5.14 Å². The highest BCUT2D eigenvalue weighted by molar-refractivity contribution is 8.00. The summed E-state index contributed by atoms with van der Waals surface area (Å²) in [5.74, 6) is 0.801. The van der Waals surface area contributed by atoms with Crippen molar-refractivity contribution in [2.45, 2.75) is 11.9 Å². The van der Waals surface area contributed by atoms with Crippen molar-refractivity contribution in [3.63, 3.8) is 0 Å². The zero-order valence-corrected chi connectivity index (χ0v) is 10.7. The molecule has 0 amide bonds. The zero-order chi connectivity index (χ0) is 12.5. The van der Waals surface area contributed by atoms with Crippen molar-refractivity contribution in [1.82, 2.24) is 19.6 Å². The van der Waals surface area contributed by atoms with Gasteiger partial charge in [0.2, 0.25) is 10.0 Å². The molecule has 2 aromatic rings. The van der Waals surface area contributed by atoms with Gasteiger partial charge in [-0.15, -0.1) is 11.8 Å². The van der Waals surface area contributed by atoms with Gasteiger partial charge in [0.15, 0.2) is 0 Å². The Bertz CT molecular complexity index is 636. The van der Waals surface area contributed by atoms with E-state index in [0.29, 0.717) is 11.5 Å². The number of hydrogen-bond acceptors (Lipinski definition) is 6. The van der Waals surface area contributed by atoms with Crippen LogP contribution in [0.3, 0.4) is 0 Å². The van der Waals surface area contributed by atoms with Crippen LogP contribution < -0.4 is 5.14 Å². The van der Waals surface area contributed by atoms with Crippen LogP contribution >= 0.6 is 11.8 Å². The molecule has 2 heterocycles. The van der Waals surface area contributed by atoms with Gasteiger partial charge in [-0.05, 0) is 13.0 Å². The Morgan fingerprint density at radius 2 is 2.29 bits per heavy atom. The summed E-state index contributed by atoms with van der Waals surface area (Å²) in [5.41, 5.74) is 0.809. The Balaban J connectivity index is 2.20. The van der Waals surface area contributed by atoms with Crippen LogP contribution in [0.2, 0.25) is 0 Å². The molecule has 2 N–H and O–H groups in total. The van der Waals surface area contributed by atoms with Crippen molar-refractivity contribution in [2.24, 2.45) is 5.14 Å². The Hall–Kier alpha value is -1.19. The summed E-state index contributed by atoms with van der Waals surface area (Å²) in [6.45, 7) is 1.85. The maximum atomic E-state index is 10.8. The highest BCUT2D eigenvalue weighted by Gasteiger charge is 2.08. The van der Waals surface area contributed by atoms with Crippen molar-refractivity contribution in [3.05, 3.63) is 18.1 Å². The van der Waals surface area contributed by atoms with Crippen molar-refractivity contribution in [2.75, 3.05) is 11.5 Å². The smallest absolute Gasteiger partial charge is 0.229 e. The molecule has 0 radical (unpaired) electrons. The Kier molecular flexibility index (Phi) is 3.31. The molecule has 7 nitrogen and oxygen atoms in total. The van der Waals surface area contributed by atoms with Gasteiger partial charge < -0.3 is 0 Å². The lowest BCUT2D eigenvalue weighted by Gasteiger charge is -2.04. The SMILES string of the molecule is Cc1cc(SCCS(N)(=O)=O)n2ncnc2n1. The summed E-state index contributed by atoms with van der Waals surface area (Å²) < 4.78 is 23.2. The van der Waals surface area contributed by atoms with Crippen molar-refractivity contribution in [1.29, 1.82) is 0 Å². The minimum absolute atomic E-state index is 0.0742. The third-order valence-corrected chi connectivity index (χ3v) is 3.99. The number of fused-ring (bicyclic) bond motifs is 1. The van der Waals surface area contributed by atoms with Crippen molar-refractivity contribution < 1.29 is 8.42 Å². The lowest BCUT2D eigenvalue weighted by molar-refractivity contribution is 0.599. The lowest BCUT2D eigenvalue weighted by atomic mass is 10.5. The first-order chi connectivity index (χ1) is 7.96. The number of sulfonamides is 1. The van der Waals surface area contributed by atoms with Gasteiger partial charge in [-0.25, -0.2) is 18.5 Å². The van der Waals surface area contributed by atoms with E-state index in [9.17, 15) is 8.42 Å². The van der Waals surface area contributed by atoms with Crippen LogP contribution in [0.15, 0.2) is 17.4 Å². The lowest BCUT2D eigenvalue weighted by Crippen LogP contribution is -2.18. The van der Waals surface area contributed by atoms with E-state index in [-0.39, 0.29) is 5.75 Å². The number of aromatic nitrogens is 4. The molecule has 0 aliphatic heterocycles. The van der Waals surface area contributed by atoms with Crippen LogP contribution in [0.25, 0.3) is 5.78 Å². The molecule has 0 spiro atoms. The van der Waals surface area contributed by atoms with Crippen LogP contribution in [-0.4, -0.2) is 39.5 Å². The Morgan fingerprint density at radius 1 is 1.53 bits per heavy atom. The molecular formula is C8H11N5O2S2. The van der Waals surface area contributed by atoms with Crippen LogP contribution in [0.1, 0.15) is 5.69 Å². The van der Waals surface area contributed by atoms with Gasteiger partial charge in [-0.2, -0.15) is 14.6 Å². The summed E-state index contributed by atoms with van der Waals surface area (Å²) in [5, 5.41) is 9.75. The molecule has 0 aromatic carbocycles. The maximum Gasteiger partial charge on any atom is 0.253 e. The first-order valence-corrected chi connectivity index (χ1v) is 7.46. The zero-order valence-electron chi connectivity index (χ0n) is 9.07. The molecule has 17 heavy (non-hydrogen) atoms. The van der Waals surface area contributed by atoms with Crippen LogP contribution in [0, 0.1) is 6.92 Å². The molecule has 2 rings (SSSR count). The molecule has 0 saturated carbocycles. The molecule has 2 aromatic heterocycles. The monoisotopic (exact) mass is 273 g/mol. The predicted octanol–water partition coefficient (Wildman–Crippen LogP) is -0.187. The van der Waals surface area contributed by atoms with Gasteiger partial charge in [-0.3, -0.25) is 0 Å². The third kappa shape index (κ3) is 3.14. The first kappa shape index (κ1) is 12.3. The summed E-state index contributed by atoms with van der Waals surface area (Å²) in [6, 6.07) is 1.83. The maximum absolute atomic E-state index is 10.8. The average Bonchev–Trinajstić information content (AvgIpc) is 2.63. The van der Waals surface area contributed by atoms with E-state index in [2.05, 4.69) is 15.1 Å². The summed E-state index contributed by atoms with van der Waals surface area (Å²) in [7, 11) is -3.43. The van der Waals surface area contributed by atoms with Gasteiger partial charge in [0.1, 0.15) is 11.4 Å². The molecule has 0 bridgehead atoms. The topological polar surface area (TPSA) is 103 Å². The fraction of sp³-hybridized carbons (Fsp3) is 0.375. The molecule has 0 fully saturated rings. The van der Waals surface area contributed by atoms with Crippen LogP contribution in [0.4, 0.5) is 0 Å². The summed E-state index contributed by atoms with van der Waals surface area (Å²) >= 11 is 1.36. The van der Waals surface area contributed by atoms with E-state index in [1.807, 2.05) is 13.0 Å². The summed E-state index contributed by atoms with van der Waals surface area (Å²) in [6.07, 6.45) is 1.41. The van der Waals surface area contributed by atoms with Crippen molar-refractivity contribution >= 4 is 27.6 Å². The fourth-order valence-electron chi connectivity index (χ4n) is 1.26. The molecular weight excluding hydrogens is 262 g/mol. The van der Waals surface area contributed by atoms with E-state index in [1.54, 1.807) is 4.52 Å². The second-order valence-corrected chi connectivity index (χ2v) is 6.27. The standard InChI is InChI=1S/C8H11N5O2S2/c1-6-4-7(16-2-3-17(9,14)15)13-8(12-6)10-5-11-13/h4-5H,2-3H2,1H3,(H2,9,14,15). The highest BCUT2D eigenvalue weighted by atomic mass is 32.2. The Labute approximate surface area is 102 Å². The van der Waals surface area contributed by atoms with Gasteiger partial charge >= 0.3 is 0 Å². The van der Waals surface area contributed by atoms with Crippen LogP contribution in [0.5, 0.6) is 0 Å². The number of primary sulfonamides is 1. The van der Waals surface area contributed by atoms with E-state index in [0.717, 1.165) is 10.7 Å². The number of nitrogens with zero attached hydrogens (tertiary/aromatic N) is 4. The largest absolute Gasteiger partial charge is 0.253 e. The number of hydrogen-bond donors (Lipinski definition) is 1. The number of rotatable bonds is 4. The molecule has 9 heteroatoms.